The molecular formula is C23H24ClN3O5S. The predicted octanol–water partition coefficient (Wildman–Crippen LogP) is 3.67. The quantitative estimate of drug-likeness (QED) is 0.619. The number of benzene rings is 2. The summed E-state index contributed by atoms with van der Waals surface area (Å²) in [6.45, 7) is 4.40. The summed E-state index contributed by atoms with van der Waals surface area (Å²) in [6, 6.07) is 11.8. The van der Waals surface area contributed by atoms with Crippen molar-refractivity contribution in [3.63, 3.8) is 0 Å². The van der Waals surface area contributed by atoms with Crippen molar-refractivity contribution < 1.29 is 22.7 Å². The summed E-state index contributed by atoms with van der Waals surface area (Å²) in [5.41, 5.74) is 0.540. The fraction of sp³-hybridized carbons (Fsp3) is 0.348. The molecule has 1 N–H and O–H groups in total. The Morgan fingerprint density at radius 2 is 1.79 bits per heavy atom. The fourth-order valence-corrected chi connectivity index (χ4v) is 5.68. The Bertz CT molecular complexity index is 1180. The number of carbonyl (C=O) groups excluding carboxylic acids is 2. The average Bonchev–Trinajstić information content (AvgIpc) is 2.77. The van der Waals surface area contributed by atoms with E-state index in [0.717, 1.165) is 6.42 Å². The van der Waals surface area contributed by atoms with Gasteiger partial charge < -0.3 is 10.1 Å². The number of esters is 1. The summed E-state index contributed by atoms with van der Waals surface area (Å²) in [5, 5.41) is 11.9. The van der Waals surface area contributed by atoms with Gasteiger partial charge in [0.1, 0.15) is 6.07 Å². The van der Waals surface area contributed by atoms with Crippen LogP contribution in [0.2, 0.25) is 5.02 Å². The molecule has 1 amide bonds. The highest BCUT2D eigenvalue weighted by atomic mass is 35.5. The Morgan fingerprint density at radius 1 is 1.15 bits per heavy atom. The molecule has 0 saturated carbocycles. The lowest BCUT2D eigenvalue weighted by Gasteiger charge is -2.34. The average molecular weight is 490 g/mol. The molecule has 2 aromatic carbocycles. The summed E-state index contributed by atoms with van der Waals surface area (Å²) >= 11 is 5.88. The lowest BCUT2D eigenvalue weighted by molar-refractivity contribution is -0.119. The summed E-state index contributed by atoms with van der Waals surface area (Å²) in [6.07, 6.45) is 0.986. The van der Waals surface area contributed by atoms with E-state index in [1.54, 1.807) is 0 Å². The van der Waals surface area contributed by atoms with E-state index in [2.05, 4.69) is 5.32 Å². The molecule has 0 aromatic heterocycles. The fourth-order valence-electron chi connectivity index (χ4n) is 3.83. The first-order valence-electron chi connectivity index (χ1n) is 10.4. The zero-order valence-corrected chi connectivity index (χ0v) is 19.8. The molecule has 174 valence electrons. The second kappa shape index (κ2) is 10.3. The Kier molecular flexibility index (Phi) is 7.74. The number of piperidine rings is 1. The van der Waals surface area contributed by atoms with Crippen molar-refractivity contribution in [3.8, 4) is 6.07 Å². The molecule has 1 aliphatic rings. The highest BCUT2D eigenvalue weighted by molar-refractivity contribution is 7.89. The molecule has 8 nitrogen and oxygen atoms in total. The van der Waals surface area contributed by atoms with Crippen LogP contribution in [-0.4, -0.2) is 44.3 Å². The van der Waals surface area contributed by atoms with Crippen LogP contribution in [0.15, 0.2) is 47.4 Å². The number of carbonyl (C=O) groups is 2. The zero-order valence-electron chi connectivity index (χ0n) is 18.2. The second-order valence-corrected chi connectivity index (χ2v) is 10.6. The summed E-state index contributed by atoms with van der Waals surface area (Å²) in [5.74, 6) is -0.865. The maximum Gasteiger partial charge on any atom is 0.338 e. The number of halogens is 1. The van der Waals surface area contributed by atoms with E-state index < -0.39 is 28.5 Å². The van der Waals surface area contributed by atoms with Gasteiger partial charge in [-0.05, 0) is 60.7 Å². The number of nitrogens with one attached hydrogen (secondary N) is 1. The standard InChI is InChI=1S/C23H24ClN3O5S/c1-15-9-16(2)13-27(12-15)33(30,31)20-7-4-17(5-8-20)23(29)32-14-22(28)26-21-10-19(24)6-3-18(21)11-25/h3-8,10,15-16H,9,12-14H2,1-2H3,(H,26,28)/t15-,16-/m1/s1. The molecule has 0 aliphatic carbocycles. The van der Waals surface area contributed by atoms with E-state index in [9.17, 15) is 18.0 Å². The number of nitriles is 1. The van der Waals surface area contributed by atoms with Gasteiger partial charge >= 0.3 is 5.97 Å². The number of hydrogen-bond donors (Lipinski definition) is 1. The molecule has 1 fully saturated rings. The third-order valence-corrected chi connectivity index (χ3v) is 7.35. The van der Waals surface area contributed by atoms with Crippen LogP contribution >= 0.6 is 11.6 Å². The minimum atomic E-state index is -3.66. The highest BCUT2D eigenvalue weighted by Gasteiger charge is 2.31. The Balaban J connectivity index is 1.61. The predicted molar refractivity (Wildman–Crippen MR) is 123 cm³/mol. The number of nitrogens with zero attached hydrogens (tertiary/aromatic N) is 2. The summed E-state index contributed by atoms with van der Waals surface area (Å²) in [4.78, 5) is 24.5. The number of anilines is 1. The molecule has 1 aliphatic heterocycles. The number of ether oxygens (including phenoxy) is 1. The van der Waals surface area contributed by atoms with Crippen molar-refractivity contribution in [2.45, 2.75) is 25.2 Å². The monoisotopic (exact) mass is 489 g/mol. The third-order valence-electron chi connectivity index (χ3n) is 5.27. The molecule has 0 unspecified atom stereocenters. The van der Waals surface area contributed by atoms with Gasteiger partial charge in [-0.1, -0.05) is 25.4 Å². The summed E-state index contributed by atoms with van der Waals surface area (Å²) < 4.78 is 32.4. The minimum absolute atomic E-state index is 0.100. The Labute approximate surface area is 198 Å². The maximum atomic E-state index is 12.9. The lowest BCUT2D eigenvalue weighted by atomic mass is 9.94. The van der Waals surface area contributed by atoms with Gasteiger partial charge in [0.15, 0.2) is 6.61 Å². The second-order valence-electron chi connectivity index (χ2n) is 8.22. The van der Waals surface area contributed by atoms with Crippen LogP contribution in [0.4, 0.5) is 5.69 Å². The van der Waals surface area contributed by atoms with E-state index in [4.69, 9.17) is 21.6 Å². The van der Waals surface area contributed by atoms with Gasteiger partial charge in [0, 0.05) is 18.1 Å². The van der Waals surface area contributed by atoms with Gasteiger partial charge in [-0.2, -0.15) is 9.57 Å². The van der Waals surface area contributed by atoms with Crippen molar-refractivity contribution in [2.75, 3.05) is 25.0 Å². The van der Waals surface area contributed by atoms with Crippen molar-refractivity contribution in [2.24, 2.45) is 11.8 Å². The van der Waals surface area contributed by atoms with Crippen LogP contribution in [0.3, 0.4) is 0 Å². The van der Waals surface area contributed by atoms with Gasteiger partial charge in [-0.25, -0.2) is 13.2 Å². The smallest absolute Gasteiger partial charge is 0.338 e. The Hall–Kier alpha value is -2.93. The van der Waals surface area contributed by atoms with E-state index >= 15 is 0 Å². The van der Waals surface area contributed by atoms with Crippen molar-refractivity contribution in [3.05, 3.63) is 58.6 Å². The molecular weight excluding hydrogens is 466 g/mol. The normalized spacial score (nSPS) is 18.8. The maximum absolute atomic E-state index is 12.9. The van der Waals surface area contributed by atoms with Crippen LogP contribution in [0.25, 0.3) is 0 Å². The van der Waals surface area contributed by atoms with Crippen LogP contribution in [-0.2, 0) is 19.6 Å². The van der Waals surface area contributed by atoms with E-state index in [1.807, 2.05) is 19.9 Å². The lowest BCUT2D eigenvalue weighted by Crippen LogP contribution is -2.42. The molecule has 0 radical (unpaired) electrons. The zero-order chi connectivity index (χ0) is 24.2. The molecule has 0 bridgehead atoms. The largest absolute Gasteiger partial charge is 0.452 e. The van der Waals surface area contributed by atoms with E-state index in [-0.39, 0.29) is 33.5 Å². The molecule has 2 aromatic rings. The first kappa shape index (κ1) is 24.7. The molecule has 33 heavy (non-hydrogen) atoms. The molecule has 1 heterocycles. The van der Waals surface area contributed by atoms with Crippen molar-refractivity contribution in [1.29, 1.82) is 5.26 Å². The molecule has 1 saturated heterocycles. The van der Waals surface area contributed by atoms with Gasteiger partial charge in [-0.15, -0.1) is 0 Å². The number of amides is 1. The molecule has 10 heteroatoms. The van der Waals surface area contributed by atoms with Gasteiger partial charge in [0.05, 0.1) is 21.7 Å². The van der Waals surface area contributed by atoms with Crippen molar-refractivity contribution >= 4 is 39.2 Å². The molecule has 0 spiro atoms. The first-order chi connectivity index (χ1) is 15.6. The topological polar surface area (TPSA) is 117 Å². The number of rotatable bonds is 6. The summed E-state index contributed by atoms with van der Waals surface area (Å²) in [7, 11) is -3.66. The van der Waals surface area contributed by atoms with Crippen LogP contribution < -0.4 is 5.32 Å². The van der Waals surface area contributed by atoms with Crippen LogP contribution in [0.5, 0.6) is 0 Å². The highest BCUT2D eigenvalue weighted by Crippen LogP contribution is 2.27. The first-order valence-corrected chi connectivity index (χ1v) is 12.2. The third kappa shape index (κ3) is 6.11. The molecule has 2 atom stereocenters. The Morgan fingerprint density at radius 3 is 2.39 bits per heavy atom. The van der Waals surface area contributed by atoms with Gasteiger partial charge in [-0.3, -0.25) is 4.79 Å². The van der Waals surface area contributed by atoms with Gasteiger partial charge in [0.2, 0.25) is 10.0 Å². The van der Waals surface area contributed by atoms with Crippen LogP contribution in [0, 0.1) is 23.2 Å². The van der Waals surface area contributed by atoms with E-state index in [0.29, 0.717) is 18.1 Å². The number of hydrogen-bond acceptors (Lipinski definition) is 6. The van der Waals surface area contributed by atoms with E-state index in [1.165, 1.54) is 46.8 Å². The molecule has 3 rings (SSSR count). The number of sulfonamides is 1. The van der Waals surface area contributed by atoms with Crippen molar-refractivity contribution in [1.82, 2.24) is 4.31 Å². The van der Waals surface area contributed by atoms with Crippen LogP contribution in [0.1, 0.15) is 36.2 Å². The van der Waals surface area contributed by atoms with Gasteiger partial charge in [0.25, 0.3) is 5.91 Å². The SMILES string of the molecule is C[C@@H]1C[C@@H](C)CN(S(=O)(=O)c2ccc(C(=O)OCC(=O)Nc3cc(Cl)ccc3C#N)cc2)C1. The minimum Gasteiger partial charge on any atom is -0.452 e.